The number of allylic oxidation sites excluding steroid dienone is 1. The lowest BCUT2D eigenvalue weighted by molar-refractivity contribution is -0.132. The van der Waals surface area contributed by atoms with E-state index in [-0.39, 0.29) is 5.69 Å². The van der Waals surface area contributed by atoms with Gasteiger partial charge in [0, 0.05) is 12.3 Å². The van der Waals surface area contributed by atoms with Gasteiger partial charge in [0.05, 0.1) is 11.6 Å². The van der Waals surface area contributed by atoms with E-state index in [0.717, 1.165) is 12.3 Å². The first kappa shape index (κ1) is 13.0. The van der Waals surface area contributed by atoms with E-state index in [9.17, 15) is 9.18 Å². The highest BCUT2D eigenvalue weighted by Crippen LogP contribution is 2.15. The first-order chi connectivity index (χ1) is 8.04. The molecular formula is C9H7ClFN3O3. The van der Waals surface area contributed by atoms with Crippen molar-refractivity contribution in [3.8, 4) is 0 Å². The van der Waals surface area contributed by atoms with Crippen LogP contribution < -0.4 is 0 Å². The molecule has 0 aliphatic carbocycles. The number of aromatic nitrogens is 1. The third-order valence-corrected chi connectivity index (χ3v) is 1.83. The van der Waals surface area contributed by atoms with E-state index in [0.29, 0.717) is 0 Å². The monoisotopic (exact) mass is 259 g/mol. The zero-order valence-electron chi connectivity index (χ0n) is 8.34. The van der Waals surface area contributed by atoms with E-state index in [4.69, 9.17) is 21.8 Å². The van der Waals surface area contributed by atoms with Crippen LogP contribution in [0.15, 0.2) is 40.0 Å². The Labute approximate surface area is 100 Å². The fourth-order valence-corrected chi connectivity index (χ4v) is 0.976. The third kappa shape index (κ3) is 3.80. The van der Waals surface area contributed by atoms with Gasteiger partial charge in [0.2, 0.25) is 11.6 Å². The van der Waals surface area contributed by atoms with Crippen molar-refractivity contribution in [3.63, 3.8) is 0 Å². The second-order valence-electron chi connectivity index (χ2n) is 2.77. The third-order valence-electron chi connectivity index (χ3n) is 1.58. The van der Waals surface area contributed by atoms with E-state index >= 15 is 0 Å². The molecule has 1 aromatic rings. The van der Waals surface area contributed by atoms with E-state index in [1.54, 1.807) is 0 Å². The Balaban J connectivity index is 3.00. The fraction of sp³-hybridized carbons (Fsp3) is 0.111. The average molecular weight is 260 g/mol. The molecule has 0 fully saturated rings. The van der Waals surface area contributed by atoms with Gasteiger partial charge in [-0.1, -0.05) is 0 Å². The molecule has 17 heavy (non-hydrogen) atoms. The van der Waals surface area contributed by atoms with E-state index in [1.807, 2.05) is 0 Å². The quantitative estimate of drug-likeness (QED) is 0.285. The summed E-state index contributed by atoms with van der Waals surface area (Å²) in [6, 6.07) is 2.28. The molecule has 0 radical (unpaired) electrons. The Bertz CT molecular complexity index is 490. The molecule has 0 saturated heterocycles. The van der Waals surface area contributed by atoms with Gasteiger partial charge in [-0.05, 0) is 6.07 Å². The summed E-state index contributed by atoms with van der Waals surface area (Å²) in [5.74, 6) is -3.30. The molecule has 0 spiro atoms. The van der Waals surface area contributed by atoms with Gasteiger partial charge < -0.3 is 10.2 Å². The molecule has 0 atom stereocenters. The van der Waals surface area contributed by atoms with Crippen LogP contribution in [0.1, 0.15) is 0 Å². The van der Waals surface area contributed by atoms with Crippen LogP contribution in [-0.4, -0.2) is 27.0 Å². The molecule has 1 aromatic heterocycles. The topological polar surface area (TPSA) is 95.1 Å². The number of hydrogen-bond acceptors (Lipinski definition) is 5. The number of hydrogen-bond donors (Lipinski definition) is 2. The number of alkyl halides is 1. The zero-order chi connectivity index (χ0) is 12.8. The van der Waals surface area contributed by atoms with Crippen molar-refractivity contribution in [1.82, 2.24) is 4.98 Å². The maximum atomic E-state index is 12.7. The maximum absolute atomic E-state index is 12.7. The maximum Gasteiger partial charge on any atom is 0.360 e. The van der Waals surface area contributed by atoms with Crippen LogP contribution in [0.4, 0.5) is 10.1 Å². The van der Waals surface area contributed by atoms with Gasteiger partial charge in [0.15, 0.2) is 0 Å². The lowest BCUT2D eigenvalue weighted by Crippen LogP contribution is -2.02. The molecule has 1 heterocycles. The van der Waals surface area contributed by atoms with Crippen LogP contribution in [0.3, 0.4) is 0 Å². The SMILES string of the molecule is O=C(O)C(N=Nc1ccnc(F)c1)=C(O)CCl. The largest absolute Gasteiger partial charge is 0.508 e. The number of aliphatic carboxylic acids is 1. The molecule has 0 aliphatic heterocycles. The number of aliphatic hydroxyl groups excluding tert-OH is 1. The second-order valence-corrected chi connectivity index (χ2v) is 3.04. The molecule has 0 aromatic carbocycles. The van der Waals surface area contributed by atoms with E-state index in [2.05, 4.69) is 15.2 Å². The Morgan fingerprint density at radius 2 is 2.24 bits per heavy atom. The first-order valence-electron chi connectivity index (χ1n) is 4.29. The van der Waals surface area contributed by atoms with Crippen LogP contribution in [-0.2, 0) is 4.79 Å². The van der Waals surface area contributed by atoms with Gasteiger partial charge in [-0.25, -0.2) is 9.78 Å². The molecule has 0 unspecified atom stereocenters. The van der Waals surface area contributed by atoms with E-state index < -0.39 is 29.3 Å². The highest BCUT2D eigenvalue weighted by molar-refractivity contribution is 6.19. The van der Waals surface area contributed by atoms with Gasteiger partial charge in [-0.3, -0.25) is 0 Å². The number of rotatable bonds is 4. The number of pyridine rings is 1. The van der Waals surface area contributed by atoms with Crippen molar-refractivity contribution in [2.75, 3.05) is 5.88 Å². The highest BCUT2D eigenvalue weighted by Gasteiger charge is 2.12. The average Bonchev–Trinajstić information content (AvgIpc) is 2.28. The van der Waals surface area contributed by atoms with Gasteiger partial charge in [0.1, 0.15) is 5.76 Å². The fourth-order valence-electron chi connectivity index (χ4n) is 0.849. The number of carboxylic acid groups (broad SMARTS) is 1. The molecule has 90 valence electrons. The molecule has 2 N–H and O–H groups in total. The number of carbonyl (C=O) groups is 1. The minimum absolute atomic E-state index is 0.0682. The number of aliphatic hydroxyl groups is 1. The Kier molecular flexibility index (Phi) is 4.53. The van der Waals surface area contributed by atoms with Crippen LogP contribution >= 0.6 is 11.6 Å². The van der Waals surface area contributed by atoms with Gasteiger partial charge in [-0.2, -0.15) is 4.39 Å². The van der Waals surface area contributed by atoms with Crippen molar-refractivity contribution in [3.05, 3.63) is 35.7 Å². The van der Waals surface area contributed by atoms with Crippen molar-refractivity contribution < 1.29 is 19.4 Å². The molecule has 8 heteroatoms. The summed E-state index contributed by atoms with van der Waals surface area (Å²) in [6.07, 6.45) is 1.15. The lowest BCUT2D eigenvalue weighted by Gasteiger charge is -1.97. The molecule has 0 aliphatic rings. The van der Waals surface area contributed by atoms with E-state index in [1.165, 1.54) is 6.07 Å². The Hall–Kier alpha value is -2.02. The second kappa shape index (κ2) is 5.90. The number of carboxylic acids is 1. The summed E-state index contributed by atoms with van der Waals surface area (Å²) in [5.41, 5.74) is -0.629. The summed E-state index contributed by atoms with van der Waals surface area (Å²) in [6.45, 7) is 0. The van der Waals surface area contributed by atoms with Crippen LogP contribution in [0.2, 0.25) is 0 Å². The molecule has 1 rings (SSSR count). The molecule has 6 nitrogen and oxygen atoms in total. The van der Waals surface area contributed by atoms with Crippen LogP contribution in [0.5, 0.6) is 0 Å². The first-order valence-corrected chi connectivity index (χ1v) is 4.82. The van der Waals surface area contributed by atoms with Gasteiger partial charge >= 0.3 is 5.97 Å². The number of nitrogens with zero attached hydrogens (tertiary/aromatic N) is 3. The molecule has 0 bridgehead atoms. The summed E-state index contributed by atoms with van der Waals surface area (Å²) in [4.78, 5) is 14.0. The molecule has 0 amide bonds. The predicted molar refractivity (Wildman–Crippen MR) is 56.7 cm³/mol. The standard InChI is InChI=1S/C9H7ClFN3O3/c10-4-6(15)8(9(16)17)14-13-5-1-2-12-7(11)3-5/h1-3,15H,4H2,(H,16,17). The summed E-state index contributed by atoms with van der Waals surface area (Å²) >= 11 is 5.25. The normalized spacial score (nSPS) is 12.6. The molecule has 0 saturated carbocycles. The number of halogens is 2. The lowest BCUT2D eigenvalue weighted by atomic mass is 10.4. The zero-order valence-corrected chi connectivity index (χ0v) is 9.10. The molecular weight excluding hydrogens is 253 g/mol. The highest BCUT2D eigenvalue weighted by atomic mass is 35.5. The summed E-state index contributed by atoms with van der Waals surface area (Å²) in [5, 5.41) is 24.6. The Morgan fingerprint density at radius 3 is 2.76 bits per heavy atom. The van der Waals surface area contributed by atoms with Crippen LogP contribution in [0, 0.1) is 5.95 Å². The van der Waals surface area contributed by atoms with Crippen molar-refractivity contribution in [2.24, 2.45) is 10.2 Å². The summed E-state index contributed by atoms with van der Waals surface area (Å²) in [7, 11) is 0. The minimum Gasteiger partial charge on any atom is -0.508 e. The summed E-state index contributed by atoms with van der Waals surface area (Å²) < 4.78 is 12.7. The smallest absolute Gasteiger partial charge is 0.360 e. The predicted octanol–water partition coefficient (Wildman–Crippen LogP) is 2.40. The van der Waals surface area contributed by atoms with Crippen LogP contribution in [0.25, 0.3) is 0 Å². The Morgan fingerprint density at radius 1 is 1.53 bits per heavy atom. The van der Waals surface area contributed by atoms with Crippen molar-refractivity contribution >= 4 is 23.3 Å². The number of azo groups is 1. The van der Waals surface area contributed by atoms with Gasteiger partial charge in [-0.15, -0.1) is 21.8 Å². The van der Waals surface area contributed by atoms with Crippen molar-refractivity contribution in [2.45, 2.75) is 0 Å². The minimum atomic E-state index is -1.48. The van der Waals surface area contributed by atoms with Gasteiger partial charge in [0.25, 0.3) is 0 Å². The van der Waals surface area contributed by atoms with Crippen molar-refractivity contribution in [1.29, 1.82) is 0 Å².